The molecule has 216 valence electrons. The van der Waals surface area contributed by atoms with Crippen LogP contribution < -0.4 is 9.47 Å². The third kappa shape index (κ3) is 9.14. The van der Waals surface area contributed by atoms with Crippen molar-refractivity contribution in [2.45, 2.75) is 117 Å². The summed E-state index contributed by atoms with van der Waals surface area (Å²) in [6.45, 7) is 4.36. The van der Waals surface area contributed by atoms with Gasteiger partial charge in [-0.3, -0.25) is 19.2 Å². The number of fused-ring (bicyclic) bond motifs is 2. The van der Waals surface area contributed by atoms with Crippen molar-refractivity contribution in [3.05, 3.63) is 58.7 Å². The van der Waals surface area contributed by atoms with Crippen molar-refractivity contribution in [2.75, 3.05) is 0 Å². The van der Waals surface area contributed by atoms with E-state index in [1.165, 1.54) is 50.7 Å². The van der Waals surface area contributed by atoms with E-state index in [1.807, 2.05) is 0 Å². The lowest BCUT2D eigenvalue weighted by Gasteiger charge is -2.20. The van der Waals surface area contributed by atoms with Gasteiger partial charge in [0.05, 0.1) is 0 Å². The maximum atomic E-state index is 13.2. The van der Waals surface area contributed by atoms with Gasteiger partial charge in [0.2, 0.25) is 0 Å². The maximum absolute atomic E-state index is 13.2. The Bertz CT molecular complexity index is 1080. The van der Waals surface area contributed by atoms with Crippen molar-refractivity contribution in [3.8, 4) is 11.5 Å². The quantitative estimate of drug-likeness (QED) is 0.0899. The Balaban J connectivity index is 1.69. The molecule has 0 spiro atoms. The molecule has 0 N–H and O–H groups in total. The van der Waals surface area contributed by atoms with Crippen LogP contribution in [0.3, 0.4) is 0 Å². The summed E-state index contributed by atoms with van der Waals surface area (Å²) in [5.41, 5.74) is 0.914. The number of ether oxygens (including phenoxy) is 2. The summed E-state index contributed by atoms with van der Waals surface area (Å²) >= 11 is 0. The zero-order valence-corrected chi connectivity index (χ0v) is 24.2. The minimum Gasteiger partial charge on any atom is -0.422 e. The molecule has 6 nitrogen and oxygen atoms in total. The average Bonchev–Trinajstić information content (AvgIpc) is 2.95. The molecule has 0 unspecified atom stereocenters. The smallest absolute Gasteiger partial charge is 0.311 e. The normalized spacial score (nSPS) is 12.2. The molecule has 0 fully saturated rings. The number of hydrogen-bond donors (Lipinski definition) is 0. The van der Waals surface area contributed by atoms with E-state index in [0.29, 0.717) is 24.0 Å². The van der Waals surface area contributed by atoms with Crippen LogP contribution in [0.15, 0.2) is 36.4 Å². The van der Waals surface area contributed by atoms with Gasteiger partial charge in [0.15, 0.2) is 23.1 Å². The third-order valence-electron chi connectivity index (χ3n) is 7.41. The van der Waals surface area contributed by atoms with Gasteiger partial charge in [-0.2, -0.15) is 0 Å². The van der Waals surface area contributed by atoms with E-state index in [1.54, 1.807) is 24.3 Å². The molecular formula is C34H44O6. The number of benzene rings is 2. The maximum Gasteiger partial charge on any atom is 0.311 e. The molecule has 0 saturated carbocycles. The summed E-state index contributed by atoms with van der Waals surface area (Å²) in [5.74, 6) is -1.55. The van der Waals surface area contributed by atoms with Crippen molar-refractivity contribution in [1.82, 2.24) is 0 Å². The predicted molar refractivity (Wildman–Crippen MR) is 156 cm³/mol. The number of esters is 2. The van der Waals surface area contributed by atoms with Gasteiger partial charge in [0.25, 0.3) is 0 Å². The van der Waals surface area contributed by atoms with Crippen LogP contribution in [0.5, 0.6) is 11.5 Å². The van der Waals surface area contributed by atoms with Crippen LogP contribution in [0.2, 0.25) is 0 Å². The molecule has 0 heterocycles. The molecule has 0 atom stereocenters. The predicted octanol–water partition coefficient (Wildman–Crippen LogP) is 8.55. The van der Waals surface area contributed by atoms with E-state index >= 15 is 0 Å². The highest BCUT2D eigenvalue weighted by atomic mass is 16.6. The molecule has 6 heteroatoms. The SMILES string of the molecule is CCCCCCCCCC(=O)Oc1cc2c(cc1OC(=O)CCCCCCCCC)C(=O)c1ccccc1C2=O. The Morgan fingerprint density at radius 1 is 0.525 bits per heavy atom. The summed E-state index contributed by atoms with van der Waals surface area (Å²) in [5, 5.41) is 0. The van der Waals surface area contributed by atoms with Gasteiger partial charge in [-0.05, 0) is 25.0 Å². The first kappa shape index (κ1) is 31.3. The lowest BCUT2D eigenvalue weighted by Crippen LogP contribution is -2.22. The van der Waals surface area contributed by atoms with Gasteiger partial charge in [-0.15, -0.1) is 0 Å². The van der Waals surface area contributed by atoms with Crippen LogP contribution in [-0.2, 0) is 9.59 Å². The highest BCUT2D eigenvalue weighted by Crippen LogP contribution is 2.37. The van der Waals surface area contributed by atoms with Gasteiger partial charge in [-0.1, -0.05) is 115 Å². The van der Waals surface area contributed by atoms with E-state index in [2.05, 4.69) is 13.8 Å². The van der Waals surface area contributed by atoms with Gasteiger partial charge < -0.3 is 9.47 Å². The van der Waals surface area contributed by atoms with Crippen LogP contribution in [0.25, 0.3) is 0 Å². The fourth-order valence-corrected chi connectivity index (χ4v) is 5.06. The Morgan fingerprint density at radius 3 is 1.25 bits per heavy atom. The second kappa shape index (κ2) is 16.7. The molecule has 0 radical (unpaired) electrons. The third-order valence-corrected chi connectivity index (χ3v) is 7.41. The molecule has 0 aromatic heterocycles. The zero-order chi connectivity index (χ0) is 28.7. The highest BCUT2D eigenvalue weighted by Gasteiger charge is 2.32. The molecule has 0 amide bonds. The largest absolute Gasteiger partial charge is 0.422 e. The first-order chi connectivity index (χ1) is 19.5. The molecule has 2 aromatic rings. The lowest BCUT2D eigenvalue weighted by atomic mass is 9.84. The van der Waals surface area contributed by atoms with Crippen molar-refractivity contribution >= 4 is 23.5 Å². The van der Waals surface area contributed by atoms with Crippen LogP contribution in [-0.4, -0.2) is 23.5 Å². The number of carbonyl (C=O) groups excluding carboxylic acids is 4. The van der Waals surface area contributed by atoms with Gasteiger partial charge in [-0.25, -0.2) is 0 Å². The fraction of sp³-hybridized carbons (Fsp3) is 0.529. The minimum absolute atomic E-state index is 0.000132. The molecule has 0 aliphatic heterocycles. The minimum atomic E-state index is -0.451. The number of hydrogen-bond acceptors (Lipinski definition) is 6. The van der Waals surface area contributed by atoms with Crippen molar-refractivity contribution in [3.63, 3.8) is 0 Å². The number of rotatable bonds is 18. The van der Waals surface area contributed by atoms with Gasteiger partial charge in [0.1, 0.15) is 0 Å². The standard InChI is InChI=1S/C34H44O6/c1-3-5-7-9-11-13-15-21-31(35)39-29-23-27-28(34(38)26-20-18-17-19-25(26)33(27)37)24-30(29)40-32(36)22-16-14-12-10-8-6-4-2/h17-20,23-24H,3-16,21-22H2,1-2H3. The Labute approximate surface area is 238 Å². The Kier molecular flexibility index (Phi) is 13.1. The van der Waals surface area contributed by atoms with Crippen molar-refractivity contribution in [1.29, 1.82) is 0 Å². The van der Waals surface area contributed by atoms with Gasteiger partial charge >= 0.3 is 11.9 Å². The second-order valence-corrected chi connectivity index (χ2v) is 10.7. The van der Waals surface area contributed by atoms with Crippen LogP contribution in [0, 0.1) is 0 Å². The van der Waals surface area contributed by atoms with Crippen molar-refractivity contribution < 1.29 is 28.7 Å². The molecule has 1 aliphatic rings. The summed E-state index contributed by atoms with van der Waals surface area (Å²) in [6.07, 6.45) is 15.5. The first-order valence-corrected chi connectivity index (χ1v) is 15.2. The van der Waals surface area contributed by atoms with Gasteiger partial charge in [0, 0.05) is 35.1 Å². The highest BCUT2D eigenvalue weighted by molar-refractivity contribution is 6.28. The second-order valence-electron chi connectivity index (χ2n) is 10.7. The van der Waals surface area contributed by atoms with E-state index in [9.17, 15) is 19.2 Å². The number of unbranched alkanes of at least 4 members (excludes halogenated alkanes) is 12. The zero-order valence-electron chi connectivity index (χ0n) is 24.2. The lowest BCUT2D eigenvalue weighted by molar-refractivity contribution is -0.137. The fourth-order valence-electron chi connectivity index (χ4n) is 5.06. The molecule has 1 aliphatic carbocycles. The molecule has 40 heavy (non-hydrogen) atoms. The van der Waals surface area contributed by atoms with E-state index < -0.39 is 11.9 Å². The van der Waals surface area contributed by atoms with E-state index in [0.717, 1.165) is 38.5 Å². The topological polar surface area (TPSA) is 86.7 Å². The molecule has 0 bridgehead atoms. The molecule has 3 rings (SSSR count). The molecular weight excluding hydrogens is 504 g/mol. The summed E-state index contributed by atoms with van der Waals surface area (Å²) in [7, 11) is 0. The number of ketones is 2. The van der Waals surface area contributed by atoms with E-state index in [4.69, 9.17) is 9.47 Å². The average molecular weight is 549 g/mol. The number of carbonyl (C=O) groups is 4. The molecule has 2 aromatic carbocycles. The van der Waals surface area contributed by atoms with Crippen LogP contribution in [0.4, 0.5) is 0 Å². The Morgan fingerprint density at radius 2 is 0.875 bits per heavy atom. The van der Waals surface area contributed by atoms with Crippen LogP contribution in [0.1, 0.15) is 148 Å². The van der Waals surface area contributed by atoms with Crippen LogP contribution >= 0.6 is 0 Å². The summed E-state index contributed by atoms with van der Waals surface area (Å²) in [6, 6.07) is 9.40. The molecule has 0 saturated heterocycles. The van der Waals surface area contributed by atoms with Crippen molar-refractivity contribution in [2.24, 2.45) is 0 Å². The van der Waals surface area contributed by atoms with E-state index in [-0.39, 0.29) is 47.0 Å². The summed E-state index contributed by atoms with van der Waals surface area (Å²) < 4.78 is 11.3. The summed E-state index contributed by atoms with van der Waals surface area (Å²) in [4.78, 5) is 51.8. The Hall–Kier alpha value is -3.28. The first-order valence-electron chi connectivity index (χ1n) is 15.2. The monoisotopic (exact) mass is 548 g/mol.